The van der Waals surface area contributed by atoms with Gasteiger partial charge in [-0.3, -0.25) is 0 Å². The molecule has 0 unspecified atom stereocenters. The molecule has 0 fully saturated rings. The van der Waals surface area contributed by atoms with Crippen LogP contribution >= 0.6 is 0 Å². The van der Waals surface area contributed by atoms with Gasteiger partial charge in [-0.15, -0.1) is 0 Å². The van der Waals surface area contributed by atoms with Crippen LogP contribution in [0.4, 0.5) is 0 Å². The van der Waals surface area contributed by atoms with Gasteiger partial charge in [-0.25, -0.2) is 4.57 Å². The summed E-state index contributed by atoms with van der Waals surface area (Å²) in [7, 11) is 0. The predicted molar refractivity (Wildman–Crippen MR) is 153 cm³/mol. The van der Waals surface area contributed by atoms with Crippen molar-refractivity contribution in [2.24, 2.45) is 0 Å². The molecule has 0 saturated heterocycles. The number of imidazole rings is 1. The third-order valence-corrected chi connectivity index (χ3v) is 7.55. The SMILES string of the molecule is CCCCCCCCCCCCCCC[n+]1ccn(-c2ccccc2)c1CCCCCCCCC. The first kappa shape index (κ1) is 29.7. The summed E-state index contributed by atoms with van der Waals surface area (Å²) in [6.07, 6.45) is 33.9. The van der Waals surface area contributed by atoms with Gasteiger partial charge < -0.3 is 0 Å². The average Bonchev–Trinajstić information content (AvgIpc) is 3.29. The summed E-state index contributed by atoms with van der Waals surface area (Å²) in [5.74, 6) is 1.49. The van der Waals surface area contributed by atoms with E-state index in [1.807, 2.05) is 0 Å². The van der Waals surface area contributed by atoms with Gasteiger partial charge in [-0.2, -0.15) is 4.57 Å². The van der Waals surface area contributed by atoms with E-state index >= 15 is 0 Å². The number of rotatable bonds is 23. The zero-order valence-electron chi connectivity index (χ0n) is 23.5. The number of aromatic nitrogens is 2. The maximum Gasteiger partial charge on any atom is 0.261 e. The van der Waals surface area contributed by atoms with Crippen LogP contribution < -0.4 is 4.57 Å². The van der Waals surface area contributed by atoms with E-state index in [9.17, 15) is 0 Å². The fraction of sp³-hybridized carbons (Fsp3) is 0.727. The van der Waals surface area contributed by atoms with Crippen LogP contribution in [-0.4, -0.2) is 4.57 Å². The Balaban J connectivity index is 1.66. The molecule has 1 heterocycles. The summed E-state index contributed by atoms with van der Waals surface area (Å²) in [6, 6.07) is 10.9. The number of para-hydroxylation sites is 1. The summed E-state index contributed by atoms with van der Waals surface area (Å²) < 4.78 is 4.97. The molecule has 2 aromatic rings. The van der Waals surface area contributed by atoms with E-state index in [0.29, 0.717) is 0 Å². The quantitative estimate of drug-likeness (QED) is 0.110. The summed E-state index contributed by atoms with van der Waals surface area (Å²) >= 11 is 0. The van der Waals surface area contributed by atoms with Crippen LogP contribution in [0.1, 0.15) is 148 Å². The van der Waals surface area contributed by atoms with Crippen molar-refractivity contribution in [3.05, 3.63) is 48.5 Å². The van der Waals surface area contributed by atoms with E-state index in [-0.39, 0.29) is 0 Å². The van der Waals surface area contributed by atoms with E-state index in [1.165, 1.54) is 153 Å². The number of hydrogen-bond donors (Lipinski definition) is 0. The Morgan fingerprint density at radius 1 is 0.543 bits per heavy atom. The van der Waals surface area contributed by atoms with Crippen LogP contribution in [0.15, 0.2) is 42.7 Å². The normalized spacial score (nSPS) is 11.4. The molecule has 2 nitrogen and oxygen atoms in total. The van der Waals surface area contributed by atoms with E-state index in [1.54, 1.807) is 0 Å². The number of unbranched alkanes of at least 4 members (excludes halogenated alkanes) is 18. The Morgan fingerprint density at radius 3 is 1.51 bits per heavy atom. The third kappa shape index (κ3) is 13.3. The molecule has 0 spiro atoms. The van der Waals surface area contributed by atoms with Gasteiger partial charge in [0, 0.05) is 6.42 Å². The van der Waals surface area contributed by atoms with Crippen LogP contribution in [0, 0.1) is 0 Å². The van der Waals surface area contributed by atoms with Gasteiger partial charge in [0.25, 0.3) is 5.82 Å². The van der Waals surface area contributed by atoms with Gasteiger partial charge in [0.2, 0.25) is 0 Å². The molecule has 2 rings (SSSR count). The van der Waals surface area contributed by atoms with Crippen LogP contribution in [0.25, 0.3) is 5.69 Å². The fourth-order valence-electron chi connectivity index (χ4n) is 5.29. The predicted octanol–water partition coefficient (Wildman–Crippen LogP) is 10.1. The van der Waals surface area contributed by atoms with Gasteiger partial charge in [0.05, 0.1) is 6.54 Å². The largest absolute Gasteiger partial charge is 0.261 e. The van der Waals surface area contributed by atoms with Gasteiger partial charge in [-0.1, -0.05) is 141 Å². The summed E-state index contributed by atoms with van der Waals surface area (Å²) in [5.41, 5.74) is 1.30. The second-order valence-corrected chi connectivity index (χ2v) is 10.7. The standard InChI is InChI=1S/C33H57N2/c1-3-5-7-9-11-12-13-14-15-16-18-20-25-29-34-30-31-35(32-26-22-21-23-27-32)33(34)28-24-19-17-10-8-6-4-2/h21-23,26-27,30-31H,3-20,24-25,28-29H2,1-2H3/q+1. The molecule has 0 aliphatic rings. The van der Waals surface area contributed by atoms with Crippen molar-refractivity contribution in [2.75, 3.05) is 0 Å². The summed E-state index contributed by atoms with van der Waals surface area (Å²) in [6.45, 7) is 5.77. The first-order valence-electron chi connectivity index (χ1n) is 15.5. The highest BCUT2D eigenvalue weighted by molar-refractivity contribution is 5.31. The second-order valence-electron chi connectivity index (χ2n) is 10.7. The highest BCUT2D eigenvalue weighted by atomic mass is 15.1. The molecule has 0 aliphatic carbocycles. The molecule has 0 amide bonds. The average molecular weight is 482 g/mol. The number of hydrogen-bond acceptors (Lipinski definition) is 0. The molecule has 0 aliphatic heterocycles. The molecule has 0 bridgehead atoms. The first-order chi connectivity index (χ1) is 17.4. The van der Waals surface area contributed by atoms with E-state index < -0.39 is 0 Å². The molecule has 0 N–H and O–H groups in total. The van der Waals surface area contributed by atoms with Gasteiger partial charge >= 0.3 is 0 Å². The van der Waals surface area contributed by atoms with Crippen molar-refractivity contribution in [1.29, 1.82) is 0 Å². The number of nitrogens with zero attached hydrogens (tertiary/aromatic N) is 2. The third-order valence-electron chi connectivity index (χ3n) is 7.55. The Hall–Kier alpha value is -1.57. The lowest BCUT2D eigenvalue weighted by Crippen LogP contribution is -2.37. The van der Waals surface area contributed by atoms with Crippen LogP contribution in [0.2, 0.25) is 0 Å². The van der Waals surface area contributed by atoms with Gasteiger partial charge in [0.15, 0.2) is 0 Å². The molecule has 0 atom stereocenters. The van der Waals surface area contributed by atoms with Gasteiger partial charge in [-0.05, 0) is 31.4 Å². The molecule has 1 aromatic heterocycles. The van der Waals surface area contributed by atoms with Crippen molar-refractivity contribution < 1.29 is 4.57 Å². The number of benzene rings is 1. The molecule has 0 saturated carbocycles. The highest BCUT2D eigenvalue weighted by Crippen LogP contribution is 2.15. The van der Waals surface area contributed by atoms with E-state index in [0.717, 1.165) is 0 Å². The van der Waals surface area contributed by atoms with Crippen LogP contribution in [-0.2, 0) is 13.0 Å². The maximum atomic E-state index is 2.54. The zero-order valence-corrected chi connectivity index (χ0v) is 23.5. The Bertz CT molecular complexity index is 718. The van der Waals surface area contributed by atoms with Crippen molar-refractivity contribution in [1.82, 2.24) is 4.57 Å². The summed E-state index contributed by atoms with van der Waals surface area (Å²) in [5, 5.41) is 0. The lowest BCUT2D eigenvalue weighted by atomic mass is 10.0. The molecular formula is C33H57N2+. The lowest BCUT2D eigenvalue weighted by molar-refractivity contribution is -0.704. The maximum absolute atomic E-state index is 2.54. The molecular weight excluding hydrogens is 424 g/mol. The topological polar surface area (TPSA) is 8.81 Å². The zero-order chi connectivity index (χ0) is 24.8. The Labute approximate surface area is 218 Å². The van der Waals surface area contributed by atoms with Crippen molar-refractivity contribution in [3.63, 3.8) is 0 Å². The molecule has 198 valence electrons. The van der Waals surface area contributed by atoms with Crippen molar-refractivity contribution >= 4 is 0 Å². The second kappa shape index (κ2) is 20.6. The van der Waals surface area contributed by atoms with E-state index in [4.69, 9.17) is 0 Å². The smallest absolute Gasteiger partial charge is 0.234 e. The minimum atomic E-state index is 1.17. The summed E-state index contributed by atoms with van der Waals surface area (Å²) in [4.78, 5) is 0. The van der Waals surface area contributed by atoms with Crippen molar-refractivity contribution in [3.8, 4) is 5.69 Å². The molecule has 35 heavy (non-hydrogen) atoms. The lowest BCUT2D eigenvalue weighted by Gasteiger charge is -2.06. The molecule has 1 aromatic carbocycles. The Kier molecular flexibility index (Phi) is 17.5. The van der Waals surface area contributed by atoms with Crippen LogP contribution in [0.3, 0.4) is 0 Å². The van der Waals surface area contributed by atoms with E-state index in [2.05, 4.69) is 65.7 Å². The Morgan fingerprint density at radius 2 is 1.00 bits per heavy atom. The fourth-order valence-corrected chi connectivity index (χ4v) is 5.29. The number of aryl methyl sites for hydroxylation is 1. The minimum Gasteiger partial charge on any atom is -0.234 e. The molecule has 0 radical (unpaired) electrons. The monoisotopic (exact) mass is 481 g/mol. The van der Waals surface area contributed by atoms with Gasteiger partial charge in [0.1, 0.15) is 18.1 Å². The molecule has 2 heteroatoms. The van der Waals surface area contributed by atoms with Crippen molar-refractivity contribution in [2.45, 2.75) is 155 Å². The minimum absolute atomic E-state index is 1.17. The highest BCUT2D eigenvalue weighted by Gasteiger charge is 2.18. The van der Waals surface area contributed by atoms with Crippen LogP contribution in [0.5, 0.6) is 0 Å². The first-order valence-corrected chi connectivity index (χ1v) is 15.5.